The van der Waals surface area contributed by atoms with Crippen molar-refractivity contribution in [2.24, 2.45) is 7.05 Å². The highest BCUT2D eigenvalue weighted by atomic mass is 16.6. The first-order chi connectivity index (χ1) is 9.49. The maximum atomic E-state index is 11.9. The molecule has 112 valence electrons. The maximum Gasteiger partial charge on any atom is 0.328 e. The SMILES string of the molecule is CNC[C@H]1O[C@@H](c2cn(C)c(=O)[nH]c2=O)[C@@H](O)C1OC. The Bertz CT molecular complexity index is 581. The summed E-state index contributed by atoms with van der Waals surface area (Å²) >= 11 is 0. The summed E-state index contributed by atoms with van der Waals surface area (Å²) in [7, 11) is 4.75. The number of methoxy groups -OCH3 is 1. The smallest absolute Gasteiger partial charge is 0.328 e. The second kappa shape index (κ2) is 5.88. The second-order valence-corrected chi connectivity index (χ2v) is 4.80. The highest BCUT2D eigenvalue weighted by molar-refractivity contribution is 5.14. The van der Waals surface area contributed by atoms with Crippen molar-refractivity contribution in [3.8, 4) is 0 Å². The van der Waals surface area contributed by atoms with E-state index in [0.29, 0.717) is 6.54 Å². The molecule has 1 unspecified atom stereocenters. The van der Waals surface area contributed by atoms with Gasteiger partial charge in [0.25, 0.3) is 5.56 Å². The van der Waals surface area contributed by atoms with Crippen LogP contribution in [0.5, 0.6) is 0 Å². The van der Waals surface area contributed by atoms with Crippen LogP contribution in [0.1, 0.15) is 11.7 Å². The summed E-state index contributed by atoms with van der Waals surface area (Å²) in [5.74, 6) is 0. The zero-order valence-electron chi connectivity index (χ0n) is 11.6. The van der Waals surface area contributed by atoms with Crippen LogP contribution in [0, 0.1) is 0 Å². The number of nitrogens with zero attached hydrogens (tertiary/aromatic N) is 1. The van der Waals surface area contributed by atoms with Crippen LogP contribution in [-0.2, 0) is 16.5 Å². The van der Waals surface area contributed by atoms with Gasteiger partial charge >= 0.3 is 5.69 Å². The van der Waals surface area contributed by atoms with E-state index in [2.05, 4.69) is 10.3 Å². The van der Waals surface area contributed by atoms with Crippen molar-refractivity contribution in [2.75, 3.05) is 20.7 Å². The van der Waals surface area contributed by atoms with Gasteiger partial charge in [0.2, 0.25) is 0 Å². The minimum atomic E-state index is -0.975. The molecule has 1 fully saturated rings. The van der Waals surface area contributed by atoms with Gasteiger partial charge < -0.3 is 24.5 Å². The third-order valence-electron chi connectivity index (χ3n) is 3.45. The number of aromatic nitrogens is 2. The minimum Gasteiger partial charge on any atom is -0.387 e. The third-order valence-corrected chi connectivity index (χ3v) is 3.45. The Balaban J connectivity index is 2.36. The summed E-state index contributed by atoms with van der Waals surface area (Å²) in [5.41, 5.74) is -0.862. The zero-order chi connectivity index (χ0) is 14.9. The Hall–Kier alpha value is -1.48. The van der Waals surface area contributed by atoms with Crippen LogP contribution in [0.4, 0.5) is 0 Å². The molecule has 1 saturated heterocycles. The van der Waals surface area contributed by atoms with Crippen molar-refractivity contribution in [3.05, 3.63) is 32.6 Å². The number of aryl methyl sites for hydroxylation is 1. The van der Waals surface area contributed by atoms with Crippen molar-refractivity contribution in [1.29, 1.82) is 0 Å². The van der Waals surface area contributed by atoms with Gasteiger partial charge in [-0.05, 0) is 7.05 Å². The largest absolute Gasteiger partial charge is 0.387 e. The average molecular weight is 285 g/mol. The van der Waals surface area contributed by atoms with Crippen LogP contribution in [0.25, 0.3) is 0 Å². The summed E-state index contributed by atoms with van der Waals surface area (Å²) in [6.45, 7) is 0.482. The van der Waals surface area contributed by atoms with Gasteiger partial charge in [0.05, 0.1) is 11.7 Å². The van der Waals surface area contributed by atoms with E-state index in [9.17, 15) is 14.7 Å². The first-order valence-corrected chi connectivity index (χ1v) is 6.30. The van der Waals surface area contributed by atoms with E-state index in [0.717, 1.165) is 0 Å². The molecule has 1 aromatic rings. The molecule has 8 nitrogen and oxygen atoms in total. The highest BCUT2D eigenvalue weighted by Gasteiger charge is 2.45. The lowest BCUT2D eigenvalue weighted by molar-refractivity contribution is -0.00933. The summed E-state index contributed by atoms with van der Waals surface area (Å²) in [4.78, 5) is 25.4. The molecule has 20 heavy (non-hydrogen) atoms. The Labute approximate surface area is 115 Å². The van der Waals surface area contributed by atoms with Crippen LogP contribution in [0.15, 0.2) is 15.8 Å². The van der Waals surface area contributed by atoms with Gasteiger partial charge in [-0.3, -0.25) is 9.78 Å². The molecule has 0 aliphatic carbocycles. The van der Waals surface area contributed by atoms with Gasteiger partial charge in [0.15, 0.2) is 0 Å². The van der Waals surface area contributed by atoms with Crippen molar-refractivity contribution in [1.82, 2.24) is 14.9 Å². The first kappa shape index (κ1) is 14.9. The maximum absolute atomic E-state index is 11.9. The quantitative estimate of drug-likeness (QED) is 0.597. The molecule has 0 amide bonds. The minimum absolute atomic E-state index is 0.209. The summed E-state index contributed by atoms with van der Waals surface area (Å²) in [6.07, 6.45) is -1.33. The fraction of sp³-hybridized carbons (Fsp3) is 0.667. The predicted molar refractivity (Wildman–Crippen MR) is 70.6 cm³/mol. The van der Waals surface area contributed by atoms with E-state index in [1.165, 1.54) is 24.9 Å². The summed E-state index contributed by atoms with van der Waals surface area (Å²) in [6, 6.07) is 0. The van der Waals surface area contributed by atoms with Crippen LogP contribution in [0.3, 0.4) is 0 Å². The monoisotopic (exact) mass is 285 g/mol. The van der Waals surface area contributed by atoms with Crippen molar-refractivity contribution in [3.63, 3.8) is 0 Å². The molecule has 3 N–H and O–H groups in total. The molecule has 1 aliphatic rings. The van der Waals surface area contributed by atoms with Crippen molar-refractivity contribution >= 4 is 0 Å². The Morgan fingerprint density at radius 2 is 2.25 bits per heavy atom. The zero-order valence-corrected chi connectivity index (χ0v) is 11.6. The number of hydrogen-bond donors (Lipinski definition) is 3. The van der Waals surface area contributed by atoms with Gasteiger partial charge in [0.1, 0.15) is 18.3 Å². The lowest BCUT2D eigenvalue weighted by Crippen LogP contribution is -2.38. The Kier molecular flexibility index (Phi) is 4.39. The Morgan fingerprint density at radius 1 is 1.55 bits per heavy atom. The molecule has 4 atom stereocenters. The number of aliphatic hydroxyl groups excluding tert-OH is 1. The third kappa shape index (κ3) is 2.55. The average Bonchev–Trinajstić information content (AvgIpc) is 2.71. The van der Waals surface area contributed by atoms with Crippen LogP contribution in [-0.4, -0.2) is 53.7 Å². The Morgan fingerprint density at radius 3 is 2.85 bits per heavy atom. The standard InChI is InChI=1S/C12H19N3O5/c1-13-4-7-10(19-3)8(16)9(20-7)6-5-15(2)12(18)14-11(6)17/h5,7-10,13,16H,4H2,1-3H3,(H,14,17,18)/t7-,8-,9+,10?/m1/s1. The van der Waals surface area contributed by atoms with Crippen LogP contribution < -0.4 is 16.6 Å². The van der Waals surface area contributed by atoms with Gasteiger partial charge in [-0.1, -0.05) is 0 Å². The molecule has 1 aromatic heterocycles. The first-order valence-electron chi connectivity index (χ1n) is 6.30. The van der Waals surface area contributed by atoms with Crippen LogP contribution >= 0.6 is 0 Å². The van der Waals surface area contributed by atoms with Crippen LogP contribution in [0.2, 0.25) is 0 Å². The van der Waals surface area contributed by atoms with E-state index in [4.69, 9.17) is 9.47 Å². The highest BCUT2D eigenvalue weighted by Crippen LogP contribution is 2.32. The number of likely N-dealkylation sites (N-methyl/N-ethyl adjacent to an activating group) is 1. The number of nitrogens with one attached hydrogen (secondary N) is 2. The molecule has 2 heterocycles. The van der Waals surface area contributed by atoms with E-state index >= 15 is 0 Å². The molecule has 0 radical (unpaired) electrons. The molecule has 0 spiro atoms. The van der Waals surface area contributed by atoms with Gasteiger partial charge in [-0.15, -0.1) is 0 Å². The number of rotatable bonds is 4. The lowest BCUT2D eigenvalue weighted by atomic mass is 10.0. The normalized spacial score (nSPS) is 29.8. The van der Waals surface area contributed by atoms with Gasteiger partial charge in [-0.25, -0.2) is 4.79 Å². The topological polar surface area (TPSA) is 106 Å². The van der Waals surface area contributed by atoms with E-state index in [1.807, 2.05) is 0 Å². The lowest BCUT2D eigenvalue weighted by Gasteiger charge is -2.18. The summed E-state index contributed by atoms with van der Waals surface area (Å²) < 4.78 is 12.2. The van der Waals surface area contributed by atoms with E-state index in [-0.39, 0.29) is 11.7 Å². The van der Waals surface area contributed by atoms with E-state index in [1.54, 1.807) is 7.05 Å². The number of aliphatic hydroxyl groups is 1. The van der Waals surface area contributed by atoms with Gasteiger partial charge in [-0.2, -0.15) is 0 Å². The number of ether oxygens (including phenoxy) is 2. The molecular weight excluding hydrogens is 266 g/mol. The summed E-state index contributed by atoms with van der Waals surface area (Å²) in [5, 5.41) is 13.2. The number of aromatic amines is 1. The number of hydrogen-bond acceptors (Lipinski definition) is 6. The molecule has 1 aliphatic heterocycles. The number of H-pyrrole nitrogens is 1. The molecule has 2 rings (SSSR count). The fourth-order valence-electron chi connectivity index (χ4n) is 2.44. The molecular formula is C12H19N3O5. The van der Waals surface area contributed by atoms with E-state index < -0.39 is 29.6 Å². The molecule has 0 saturated carbocycles. The van der Waals surface area contributed by atoms with Gasteiger partial charge in [0, 0.05) is 26.9 Å². The van der Waals surface area contributed by atoms with Crippen molar-refractivity contribution < 1.29 is 14.6 Å². The molecule has 8 heteroatoms. The fourth-order valence-corrected chi connectivity index (χ4v) is 2.44. The predicted octanol–water partition coefficient (Wildman–Crippen LogP) is -1.89. The van der Waals surface area contributed by atoms with Crippen molar-refractivity contribution in [2.45, 2.75) is 24.4 Å². The molecule has 0 aromatic carbocycles. The molecule has 0 bridgehead atoms. The second-order valence-electron chi connectivity index (χ2n) is 4.80.